The van der Waals surface area contributed by atoms with Crippen LogP contribution >= 0.6 is 0 Å². The normalized spacial score (nSPS) is 16.4. The van der Waals surface area contributed by atoms with E-state index in [4.69, 9.17) is 4.74 Å². The van der Waals surface area contributed by atoms with E-state index in [1.807, 2.05) is 47.4 Å². The Labute approximate surface area is 173 Å². The van der Waals surface area contributed by atoms with Gasteiger partial charge in [-0.25, -0.2) is 9.07 Å². The molecule has 1 fully saturated rings. The fraction of sp³-hybridized carbons (Fsp3) is 0.167. The van der Waals surface area contributed by atoms with Gasteiger partial charge in [0.2, 0.25) is 5.91 Å². The number of anilines is 1. The number of nitrogens with zero attached hydrogens (tertiary/aromatic N) is 3. The molecule has 30 heavy (non-hydrogen) atoms. The monoisotopic (exact) mass is 401 g/mol. The lowest BCUT2D eigenvalue weighted by molar-refractivity contribution is -0.117. The molecule has 0 spiro atoms. The molecule has 0 bridgehead atoms. The fourth-order valence-electron chi connectivity index (χ4n) is 4.13. The van der Waals surface area contributed by atoms with Crippen molar-refractivity contribution in [3.8, 4) is 11.4 Å². The largest absolute Gasteiger partial charge is 0.497 e. The lowest BCUT2D eigenvalue weighted by atomic mass is 10.0. The third-order valence-electron chi connectivity index (χ3n) is 5.59. The number of halogens is 1. The maximum Gasteiger partial charge on any atom is 0.227 e. The van der Waals surface area contributed by atoms with E-state index in [0.717, 1.165) is 40.0 Å². The number of ether oxygens (including phenoxy) is 1. The Hall–Kier alpha value is -3.67. The van der Waals surface area contributed by atoms with E-state index in [0.29, 0.717) is 6.42 Å². The molecule has 0 saturated carbocycles. The summed E-state index contributed by atoms with van der Waals surface area (Å²) in [6.45, 7) is 0. The second kappa shape index (κ2) is 7.30. The van der Waals surface area contributed by atoms with Gasteiger partial charge in [0, 0.05) is 17.5 Å². The number of methoxy groups -OCH3 is 1. The molecule has 0 N–H and O–H groups in total. The highest BCUT2D eigenvalue weighted by atomic mass is 19.1. The molecule has 1 amide bonds. The summed E-state index contributed by atoms with van der Waals surface area (Å²) in [5.74, 6) is 0.601. The van der Waals surface area contributed by atoms with E-state index in [9.17, 15) is 9.18 Å². The molecular formula is C24H20FN3O2. The molecule has 5 nitrogen and oxygen atoms in total. The lowest BCUT2D eigenvalue weighted by Gasteiger charge is -2.25. The molecule has 1 saturated heterocycles. The minimum atomic E-state index is -0.284. The zero-order valence-corrected chi connectivity index (χ0v) is 16.5. The topological polar surface area (TPSA) is 47.4 Å². The van der Waals surface area contributed by atoms with Crippen LogP contribution in [0.25, 0.3) is 16.6 Å². The zero-order chi connectivity index (χ0) is 20.7. The van der Waals surface area contributed by atoms with Gasteiger partial charge < -0.3 is 9.64 Å². The lowest BCUT2D eigenvalue weighted by Crippen LogP contribution is -2.27. The number of carbonyl (C=O) groups is 1. The smallest absolute Gasteiger partial charge is 0.227 e. The second-order valence-corrected chi connectivity index (χ2v) is 7.37. The van der Waals surface area contributed by atoms with Crippen molar-refractivity contribution in [2.24, 2.45) is 0 Å². The van der Waals surface area contributed by atoms with Gasteiger partial charge in [-0.05, 0) is 66.6 Å². The summed E-state index contributed by atoms with van der Waals surface area (Å²) in [7, 11) is 1.64. The third-order valence-corrected chi connectivity index (χ3v) is 5.59. The van der Waals surface area contributed by atoms with Crippen molar-refractivity contribution >= 4 is 22.5 Å². The Kier molecular flexibility index (Phi) is 4.47. The van der Waals surface area contributed by atoms with E-state index >= 15 is 0 Å². The molecule has 3 aromatic carbocycles. The van der Waals surface area contributed by atoms with Gasteiger partial charge in [0.15, 0.2) is 0 Å². The highest BCUT2D eigenvalue weighted by Gasteiger charge is 2.33. The van der Waals surface area contributed by atoms with Gasteiger partial charge in [-0.3, -0.25) is 4.79 Å². The van der Waals surface area contributed by atoms with Crippen LogP contribution in [0.3, 0.4) is 0 Å². The van der Waals surface area contributed by atoms with Crippen LogP contribution in [0.5, 0.6) is 5.75 Å². The molecule has 1 aliphatic heterocycles. The summed E-state index contributed by atoms with van der Waals surface area (Å²) >= 11 is 0. The van der Waals surface area contributed by atoms with E-state index < -0.39 is 0 Å². The molecule has 1 atom stereocenters. The van der Waals surface area contributed by atoms with Crippen LogP contribution in [0, 0.1) is 5.82 Å². The number of hydrogen-bond acceptors (Lipinski definition) is 3. The molecule has 0 radical (unpaired) electrons. The average Bonchev–Trinajstić information content (AvgIpc) is 3.37. The van der Waals surface area contributed by atoms with Crippen molar-refractivity contribution in [2.45, 2.75) is 18.9 Å². The van der Waals surface area contributed by atoms with Gasteiger partial charge >= 0.3 is 0 Å². The molecule has 4 aromatic rings. The van der Waals surface area contributed by atoms with E-state index in [1.54, 1.807) is 30.1 Å². The van der Waals surface area contributed by atoms with Crippen molar-refractivity contribution < 1.29 is 13.9 Å². The average molecular weight is 401 g/mol. The maximum atomic E-state index is 13.3. The van der Waals surface area contributed by atoms with Crippen LogP contribution in [0.1, 0.15) is 24.4 Å². The van der Waals surface area contributed by atoms with Crippen LogP contribution in [-0.4, -0.2) is 22.8 Å². The highest BCUT2D eigenvalue weighted by molar-refractivity contribution is 5.98. The van der Waals surface area contributed by atoms with Gasteiger partial charge in [-0.15, -0.1) is 0 Å². The minimum Gasteiger partial charge on any atom is -0.497 e. The number of amides is 1. The Balaban J connectivity index is 1.53. The van der Waals surface area contributed by atoms with E-state index in [2.05, 4.69) is 5.10 Å². The van der Waals surface area contributed by atoms with E-state index in [1.165, 1.54) is 12.1 Å². The Morgan fingerprint density at radius 1 is 1.03 bits per heavy atom. The standard InChI is InChI=1S/C24H20FN3O2/c1-30-21-4-2-3-16(14-21)22-11-12-24(29)27(22)20-9-10-23-17(13-20)15-26-28(23)19-7-5-18(25)6-8-19/h2-10,13-15,22H,11-12H2,1H3. The number of benzene rings is 3. The van der Waals surface area contributed by atoms with Crippen molar-refractivity contribution in [3.63, 3.8) is 0 Å². The maximum absolute atomic E-state index is 13.3. The predicted octanol–water partition coefficient (Wildman–Crippen LogP) is 5.04. The van der Waals surface area contributed by atoms with Gasteiger partial charge in [0.1, 0.15) is 11.6 Å². The van der Waals surface area contributed by atoms with Crippen molar-refractivity contribution in [1.82, 2.24) is 9.78 Å². The molecule has 150 valence electrons. The molecule has 2 heterocycles. The first kappa shape index (κ1) is 18.4. The number of rotatable bonds is 4. The zero-order valence-electron chi connectivity index (χ0n) is 16.5. The summed E-state index contributed by atoms with van der Waals surface area (Å²) in [5.41, 5.74) is 3.58. The van der Waals surface area contributed by atoms with Crippen molar-refractivity contribution in [2.75, 3.05) is 12.0 Å². The summed E-state index contributed by atoms with van der Waals surface area (Å²) in [4.78, 5) is 14.6. The summed E-state index contributed by atoms with van der Waals surface area (Å²) < 4.78 is 20.4. The Morgan fingerprint density at radius 3 is 2.63 bits per heavy atom. The first-order valence-electron chi connectivity index (χ1n) is 9.84. The Bertz CT molecular complexity index is 1230. The minimum absolute atomic E-state index is 0.0304. The van der Waals surface area contributed by atoms with Crippen LogP contribution in [0.4, 0.5) is 10.1 Å². The first-order chi connectivity index (χ1) is 14.6. The molecule has 6 heteroatoms. The number of fused-ring (bicyclic) bond motifs is 1. The van der Waals surface area contributed by atoms with Crippen LogP contribution in [-0.2, 0) is 4.79 Å². The van der Waals surface area contributed by atoms with Gasteiger partial charge in [0.25, 0.3) is 0 Å². The van der Waals surface area contributed by atoms with Crippen LogP contribution in [0.2, 0.25) is 0 Å². The van der Waals surface area contributed by atoms with Crippen molar-refractivity contribution in [1.29, 1.82) is 0 Å². The molecule has 0 aliphatic carbocycles. The van der Waals surface area contributed by atoms with Gasteiger partial charge in [-0.1, -0.05) is 12.1 Å². The van der Waals surface area contributed by atoms with E-state index in [-0.39, 0.29) is 17.8 Å². The predicted molar refractivity (Wildman–Crippen MR) is 113 cm³/mol. The first-order valence-corrected chi connectivity index (χ1v) is 9.84. The van der Waals surface area contributed by atoms with Crippen molar-refractivity contribution in [3.05, 3.63) is 84.3 Å². The van der Waals surface area contributed by atoms with Crippen LogP contribution in [0.15, 0.2) is 72.9 Å². The fourth-order valence-corrected chi connectivity index (χ4v) is 4.13. The summed E-state index contributed by atoms with van der Waals surface area (Å²) in [5, 5.41) is 5.37. The molecule has 1 aliphatic rings. The van der Waals surface area contributed by atoms with Crippen LogP contribution < -0.4 is 9.64 Å². The summed E-state index contributed by atoms with van der Waals surface area (Å²) in [6, 6.07) is 19.9. The second-order valence-electron chi connectivity index (χ2n) is 7.37. The summed E-state index contributed by atoms with van der Waals surface area (Å²) in [6.07, 6.45) is 3.04. The molecule has 5 rings (SSSR count). The molecule has 1 unspecified atom stereocenters. The number of aromatic nitrogens is 2. The molecule has 1 aromatic heterocycles. The van der Waals surface area contributed by atoms with Gasteiger partial charge in [-0.2, -0.15) is 5.10 Å². The highest BCUT2D eigenvalue weighted by Crippen LogP contribution is 2.39. The number of hydrogen-bond donors (Lipinski definition) is 0. The third kappa shape index (κ3) is 3.10. The quantitative estimate of drug-likeness (QED) is 0.481. The SMILES string of the molecule is COc1cccc(C2CCC(=O)N2c2ccc3c(cnn3-c3ccc(F)cc3)c2)c1. The Morgan fingerprint density at radius 2 is 1.83 bits per heavy atom. The number of carbonyl (C=O) groups excluding carboxylic acids is 1. The van der Waals surface area contributed by atoms with Gasteiger partial charge in [0.05, 0.1) is 30.6 Å². The molecular weight excluding hydrogens is 381 g/mol.